The second-order valence-corrected chi connectivity index (χ2v) is 4.83. The Morgan fingerprint density at radius 2 is 2.17 bits per heavy atom. The van der Waals surface area contributed by atoms with Crippen LogP contribution in [0.5, 0.6) is 5.75 Å². The van der Waals surface area contributed by atoms with E-state index in [2.05, 4.69) is 15.9 Å². The van der Waals surface area contributed by atoms with Crippen LogP contribution in [-0.4, -0.2) is 43.7 Å². The lowest BCUT2D eigenvalue weighted by Gasteiger charge is -2.26. The molecule has 0 unspecified atom stereocenters. The lowest BCUT2D eigenvalue weighted by molar-refractivity contribution is -0.137. The molecule has 1 amide bonds. The number of morpholine rings is 1. The number of ether oxygens (including phenoxy) is 2. The molecule has 1 aliphatic rings. The zero-order valence-electron chi connectivity index (χ0n) is 9.89. The van der Waals surface area contributed by atoms with Crippen molar-refractivity contribution < 1.29 is 14.3 Å². The van der Waals surface area contributed by atoms with Gasteiger partial charge in [0.15, 0.2) is 6.61 Å². The molecule has 1 heterocycles. The second-order valence-electron chi connectivity index (χ2n) is 3.97. The number of nitrogens with two attached hydrogens (primary N) is 1. The van der Waals surface area contributed by atoms with Gasteiger partial charge in [0.05, 0.1) is 17.7 Å². The second kappa shape index (κ2) is 6.06. The highest BCUT2D eigenvalue weighted by Crippen LogP contribution is 2.26. The summed E-state index contributed by atoms with van der Waals surface area (Å²) >= 11 is 3.35. The number of nitrogen functional groups attached to an aromatic ring is 1. The summed E-state index contributed by atoms with van der Waals surface area (Å²) in [5, 5.41) is 0. The van der Waals surface area contributed by atoms with Crippen molar-refractivity contribution in [3.8, 4) is 5.75 Å². The summed E-state index contributed by atoms with van der Waals surface area (Å²) in [6, 6.07) is 5.25. The molecule has 0 aromatic heterocycles. The zero-order valence-corrected chi connectivity index (χ0v) is 11.5. The van der Waals surface area contributed by atoms with Crippen LogP contribution in [0.1, 0.15) is 0 Å². The van der Waals surface area contributed by atoms with Crippen LogP contribution in [0.15, 0.2) is 22.7 Å². The molecule has 2 rings (SSSR count). The van der Waals surface area contributed by atoms with E-state index in [1.54, 1.807) is 23.1 Å². The van der Waals surface area contributed by atoms with Crippen molar-refractivity contribution >= 4 is 27.5 Å². The molecular weight excluding hydrogens is 300 g/mol. The molecule has 1 aliphatic heterocycles. The molecule has 0 saturated carbocycles. The van der Waals surface area contributed by atoms with Crippen molar-refractivity contribution in [2.45, 2.75) is 0 Å². The van der Waals surface area contributed by atoms with E-state index >= 15 is 0 Å². The van der Waals surface area contributed by atoms with Crippen LogP contribution >= 0.6 is 15.9 Å². The number of hydrogen-bond donors (Lipinski definition) is 1. The maximum Gasteiger partial charge on any atom is 0.260 e. The van der Waals surface area contributed by atoms with Crippen LogP contribution in [0.3, 0.4) is 0 Å². The lowest BCUT2D eigenvalue weighted by Crippen LogP contribution is -2.43. The van der Waals surface area contributed by atoms with Gasteiger partial charge in [-0.15, -0.1) is 0 Å². The molecule has 2 N–H and O–H groups in total. The molecule has 6 heteroatoms. The Balaban J connectivity index is 1.90. The first-order chi connectivity index (χ1) is 8.66. The number of carbonyl (C=O) groups is 1. The Morgan fingerprint density at radius 3 is 2.89 bits per heavy atom. The summed E-state index contributed by atoms with van der Waals surface area (Å²) in [4.78, 5) is 13.6. The highest BCUT2D eigenvalue weighted by molar-refractivity contribution is 9.10. The van der Waals surface area contributed by atoms with E-state index in [1.807, 2.05) is 0 Å². The molecule has 0 spiro atoms. The van der Waals surface area contributed by atoms with Gasteiger partial charge in [-0.2, -0.15) is 0 Å². The minimum atomic E-state index is -0.0346. The van der Waals surface area contributed by atoms with E-state index in [1.165, 1.54) is 0 Å². The lowest BCUT2D eigenvalue weighted by atomic mass is 10.3. The first kappa shape index (κ1) is 13.2. The van der Waals surface area contributed by atoms with Gasteiger partial charge in [-0.05, 0) is 28.1 Å². The molecule has 0 radical (unpaired) electrons. The number of anilines is 1. The minimum absolute atomic E-state index is 0.0159. The largest absolute Gasteiger partial charge is 0.483 e. The molecule has 0 aliphatic carbocycles. The average molecular weight is 315 g/mol. The van der Waals surface area contributed by atoms with Crippen LogP contribution < -0.4 is 10.5 Å². The van der Waals surface area contributed by atoms with Crippen LogP contribution in [-0.2, 0) is 9.53 Å². The molecular formula is C12H15BrN2O3. The monoisotopic (exact) mass is 314 g/mol. The third-order valence-corrected chi connectivity index (χ3v) is 3.33. The number of amides is 1. The standard InChI is InChI=1S/C12H15BrN2O3/c13-10-2-1-9(14)7-11(10)18-8-12(16)15-3-5-17-6-4-15/h1-2,7H,3-6,8,14H2. The van der Waals surface area contributed by atoms with Gasteiger partial charge in [0.25, 0.3) is 5.91 Å². The summed E-state index contributed by atoms with van der Waals surface area (Å²) in [6.45, 7) is 2.45. The van der Waals surface area contributed by atoms with Gasteiger partial charge in [0.2, 0.25) is 0 Å². The number of carbonyl (C=O) groups excluding carboxylic acids is 1. The van der Waals surface area contributed by atoms with Crippen LogP contribution in [0.25, 0.3) is 0 Å². The van der Waals surface area contributed by atoms with Gasteiger partial charge in [0, 0.05) is 24.8 Å². The van der Waals surface area contributed by atoms with Crippen molar-refractivity contribution in [1.29, 1.82) is 0 Å². The van der Waals surface area contributed by atoms with Gasteiger partial charge in [-0.1, -0.05) is 0 Å². The van der Waals surface area contributed by atoms with Crippen molar-refractivity contribution in [2.24, 2.45) is 0 Å². The van der Waals surface area contributed by atoms with Crippen molar-refractivity contribution in [2.75, 3.05) is 38.6 Å². The van der Waals surface area contributed by atoms with E-state index in [0.717, 1.165) is 4.47 Å². The zero-order chi connectivity index (χ0) is 13.0. The predicted octanol–water partition coefficient (Wildman–Crippen LogP) is 1.27. The maximum atomic E-state index is 11.9. The van der Waals surface area contributed by atoms with E-state index in [9.17, 15) is 4.79 Å². The fraction of sp³-hybridized carbons (Fsp3) is 0.417. The molecule has 1 aromatic carbocycles. The fourth-order valence-electron chi connectivity index (χ4n) is 1.67. The topological polar surface area (TPSA) is 64.8 Å². The molecule has 1 fully saturated rings. The van der Waals surface area contributed by atoms with Gasteiger partial charge in [-0.3, -0.25) is 4.79 Å². The summed E-state index contributed by atoms with van der Waals surface area (Å²) in [6.07, 6.45) is 0. The number of halogens is 1. The smallest absolute Gasteiger partial charge is 0.260 e. The fourth-order valence-corrected chi connectivity index (χ4v) is 2.04. The summed E-state index contributed by atoms with van der Waals surface area (Å²) in [7, 11) is 0. The van der Waals surface area contributed by atoms with Crippen LogP contribution in [0, 0.1) is 0 Å². The third-order valence-electron chi connectivity index (χ3n) is 2.67. The average Bonchev–Trinajstić information content (AvgIpc) is 2.40. The first-order valence-corrected chi connectivity index (χ1v) is 6.49. The van der Waals surface area contributed by atoms with Gasteiger partial charge in [-0.25, -0.2) is 0 Å². The molecule has 1 aromatic rings. The van der Waals surface area contributed by atoms with Gasteiger partial charge < -0.3 is 20.1 Å². The molecule has 0 bridgehead atoms. The van der Waals surface area contributed by atoms with Gasteiger partial charge in [0.1, 0.15) is 5.75 Å². The van der Waals surface area contributed by atoms with Crippen molar-refractivity contribution in [1.82, 2.24) is 4.90 Å². The van der Waals surface area contributed by atoms with Crippen LogP contribution in [0.2, 0.25) is 0 Å². The summed E-state index contributed by atoms with van der Waals surface area (Å²) in [5.74, 6) is 0.546. The van der Waals surface area contributed by atoms with E-state index in [4.69, 9.17) is 15.2 Å². The highest BCUT2D eigenvalue weighted by atomic mass is 79.9. The molecule has 1 saturated heterocycles. The Hall–Kier alpha value is -1.27. The third kappa shape index (κ3) is 3.36. The summed E-state index contributed by atoms with van der Waals surface area (Å²) < 4.78 is 11.4. The Bertz CT molecular complexity index is 433. The maximum absolute atomic E-state index is 11.9. The van der Waals surface area contributed by atoms with E-state index < -0.39 is 0 Å². The highest BCUT2D eigenvalue weighted by Gasteiger charge is 2.17. The normalized spacial score (nSPS) is 15.5. The number of benzene rings is 1. The first-order valence-electron chi connectivity index (χ1n) is 5.70. The Labute approximate surface area is 114 Å². The predicted molar refractivity (Wildman–Crippen MR) is 71.4 cm³/mol. The molecule has 0 atom stereocenters. The van der Waals surface area contributed by atoms with Crippen molar-refractivity contribution in [3.05, 3.63) is 22.7 Å². The van der Waals surface area contributed by atoms with E-state index in [0.29, 0.717) is 37.7 Å². The minimum Gasteiger partial charge on any atom is -0.483 e. The Morgan fingerprint density at radius 1 is 1.44 bits per heavy atom. The van der Waals surface area contributed by atoms with E-state index in [-0.39, 0.29) is 12.5 Å². The number of nitrogens with zero attached hydrogens (tertiary/aromatic N) is 1. The Kier molecular flexibility index (Phi) is 4.43. The SMILES string of the molecule is Nc1ccc(Br)c(OCC(=O)N2CCOCC2)c1. The van der Waals surface area contributed by atoms with Gasteiger partial charge >= 0.3 is 0 Å². The molecule has 5 nitrogen and oxygen atoms in total. The van der Waals surface area contributed by atoms with Crippen LogP contribution in [0.4, 0.5) is 5.69 Å². The number of rotatable bonds is 3. The quantitative estimate of drug-likeness (QED) is 0.853. The number of hydrogen-bond acceptors (Lipinski definition) is 4. The van der Waals surface area contributed by atoms with Crippen molar-refractivity contribution in [3.63, 3.8) is 0 Å². The molecule has 18 heavy (non-hydrogen) atoms. The molecule has 98 valence electrons. The summed E-state index contributed by atoms with van der Waals surface area (Å²) in [5.41, 5.74) is 6.27.